The van der Waals surface area contributed by atoms with Crippen molar-refractivity contribution >= 4 is 52.0 Å². The summed E-state index contributed by atoms with van der Waals surface area (Å²) in [5.41, 5.74) is 7.31. The molecule has 3 heterocycles. The van der Waals surface area contributed by atoms with Crippen molar-refractivity contribution in [2.45, 2.75) is 31.8 Å². The van der Waals surface area contributed by atoms with E-state index in [-0.39, 0.29) is 5.78 Å². The van der Waals surface area contributed by atoms with E-state index in [2.05, 4.69) is 5.32 Å². The number of rotatable bonds is 6. The molecule has 1 aromatic carbocycles. The Morgan fingerprint density at radius 2 is 1.91 bits per heavy atom. The summed E-state index contributed by atoms with van der Waals surface area (Å²) < 4.78 is 0. The van der Waals surface area contributed by atoms with Gasteiger partial charge in [-0.15, -0.1) is 22.7 Å². The van der Waals surface area contributed by atoms with Crippen LogP contribution in [0.4, 0.5) is 4.79 Å². The number of Topliss-reactive ketones (excluding diaryl/α,β-unsaturated/α-hetero) is 1. The van der Waals surface area contributed by atoms with Gasteiger partial charge in [0.2, 0.25) is 5.91 Å². The normalized spacial score (nSPS) is 22.3. The molecule has 2 aromatic heterocycles. The van der Waals surface area contributed by atoms with E-state index >= 15 is 0 Å². The number of aryl methyl sites for hydroxylation is 1. The molecule has 1 saturated heterocycles. The first-order chi connectivity index (χ1) is 15.8. The first-order valence-corrected chi connectivity index (χ1v) is 12.7. The highest BCUT2D eigenvalue weighted by molar-refractivity contribution is 7.10. The summed E-state index contributed by atoms with van der Waals surface area (Å²) in [5, 5.41) is 7.09. The highest BCUT2D eigenvalue weighted by atomic mass is 35.5. The Balaban J connectivity index is 1.96. The number of thiophene rings is 2. The molecule has 1 aliphatic heterocycles. The molecule has 9 heteroatoms. The number of carbonyl (C=O) groups excluding carboxylic acids is 3. The van der Waals surface area contributed by atoms with Crippen molar-refractivity contribution < 1.29 is 14.4 Å². The number of likely N-dealkylation sites (tertiary alicyclic amines) is 1. The van der Waals surface area contributed by atoms with E-state index < -0.39 is 35.9 Å². The fourth-order valence-corrected chi connectivity index (χ4v) is 6.82. The SMILES string of the molecule is CCNC(=O)N1C(C(N)=O)C(c2cccs2)C(C(=O)c2cccc(Cl)c2)C1c1sccc1C. The molecule has 172 valence electrons. The average Bonchev–Trinajstić information content (AvgIpc) is 3.51. The van der Waals surface area contributed by atoms with Gasteiger partial charge >= 0.3 is 6.03 Å². The van der Waals surface area contributed by atoms with Crippen LogP contribution in [0.25, 0.3) is 0 Å². The molecule has 0 saturated carbocycles. The number of carbonyl (C=O) groups is 3. The maximum Gasteiger partial charge on any atom is 0.318 e. The molecular formula is C24H24ClN3O3S2. The number of nitrogens with one attached hydrogen (secondary N) is 1. The molecule has 0 spiro atoms. The van der Waals surface area contributed by atoms with E-state index in [4.69, 9.17) is 17.3 Å². The van der Waals surface area contributed by atoms with Gasteiger partial charge in [0.15, 0.2) is 5.78 Å². The second kappa shape index (κ2) is 9.67. The quantitative estimate of drug-likeness (QED) is 0.466. The standard InChI is InChI=1S/C24H24ClN3O3S2/c1-3-27-24(31)28-19(22-13(2)9-11-33-22)18(21(29)14-6-4-7-15(25)12-14)17(20(28)23(26)30)16-8-5-10-32-16/h4-12,17-20H,3H2,1-2H3,(H2,26,30)(H,27,31). The fourth-order valence-electron chi connectivity index (χ4n) is 4.65. The number of nitrogens with two attached hydrogens (primary N) is 1. The van der Waals surface area contributed by atoms with Crippen LogP contribution in [0.2, 0.25) is 5.02 Å². The summed E-state index contributed by atoms with van der Waals surface area (Å²) in [6.45, 7) is 4.14. The molecule has 6 nitrogen and oxygen atoms in total. The van der Waals surface area contributed by atoms with Crippen molar-refractivity contribution in [2.75, 3.05) is 6.54 Å². The summed E-state index contributed by atoms with van der Waals surface area (Å²) in [6.07, 6.45) is 0. The van der Waals surface area contributed by atoms with E-state index in [0.717, 1.165) is 15.3 Å². The zero-order chi connectivity index (χ0) is 23.7. The third-order valence-corrected chi connectivity index (χ3v) is 8.27. The zero-order valence-corrected chi connectivity index (χ0v) is 20.5. The minimum atomic E-state index is -0.977. The molecule has 1 aliphatic rings. The molecule has 3 amide bonds. The van der Waals surface area contributed by atoms with Crippen LogP contribution in [-0.2, 0) is 4.79 Å². The zero-order valence-electron chi connectivity index (χ0n) is 18.2. The molecule has 0 radical (unpaired) electrons. The van der Waals surface area contributed by atoms with E-state index in [1.54, 1.807) is 24.3 Å². The lowest BCUT2D eigenvalue weighted by Crippen LogP contribution is -2.50. The third kappa shape index (κ3) is 4.30. The highest BCUT2D eigenvalue weighted by Gasteiger charge is 2.57. The number of nitrogens with zero attached hydrogens (tertiary/aromatic N) is 1. The Morgan fingerprint density at radius 1 is 1.12 bits per heavy atom. The third-order valence-electron chi connectivity index (χ3n) is 5.97. The van der Waals surface area contributed by atoms with Crippen LogP contribution in [0.5, 0.6) is 0 Å². The Labute approximate surface area is 205 Å². The first-order valence-electron chi connectivity index (χ1n) is 10.6. The molecule has 0 bridgehead atoms. The minimum Gasteiger partial charge on any atom is -0.368 e. The summed E-state index contributed by atoms with van der Waals surface area (Å²) in [7, 11) is 0. The van der Waals surface area contributed by atoms with Crippen LogP contribution in [0, 0.1) is 12.8 Å². The van der Waals surface area contributed by atoms with Crippen LogP contribution in [0.15, 0.2) is 53.2 Å². The van der Waals surface area contributed by atoms with Gasteiger partial charge in [-0.2, -0.15) is 0 Å². The maximum atomic E-state index is 14.1. The van der Waals surface area contributed by atoms with Crippen LogP contribution in [0.3, 0.4) is 0 Å². The lowest BCUT2D eigenvalue weighted by Gasteiger charge is -2.30. The van der Waals surface area contributed by atoms with Gasteiger partial charge in [-0.05, 0) is 54.4 Å². The van der Waals surface area contributed by atoms with Crippen molar-refractivity contribution in [3.05, 3.63) is 79.1 Å². The second-order valence-electron chi connectivity index (χ2n) is 7.94. The van der Waals surface area contributed by atoms with E-state index in [1.807, 2.05) is 42.8 Å². The van der Waals surface area contributed by atoms with E-state index in [1.165, 1.54) is 27.6 Å². The summed E-state index contributed by atoms with van der Waals surface area (Å²) in [5.74, 6) is -2.10. The van der Waals surface area contributed by atoms with Crippen molar-refractivity contribution in [2.24, 2.45) is 11.7 Å². The van der Waals surface area contributed by atoms with Gasteiger partial charge in [-0.1, -0.05) is 29.8 Å². The van der Waals surface area contributed by atoms with Gasteiger partial charge in [0.25, 0.3) is 0 Å². The number of urea groups is 1. The van der Waals surface area contributed by atoms with Crippen molar-refractivity contribution in [1.82, 2.24) is 10.2 Å². The number of ketones is 1. The highest BCUT2D eigenvalue weighted by Crippen LogP contribution is 2.53. The number of halogens is 1. The molecule has 3 N–H and O–H groups in total. The largest absolute Gasteiger partial charge is 0.368 e. The summed E-state index contributed by atoms with van der Waals surface area (Å²) >= 11 is 9.12. The molecule has 3 aromatic rings. The van der Waals surface area contributed by atoms with Crippen LogP contribution < -0.4 is 11.1 Å². The van der Waals surface area contributed by atoms with Crippen molar-refractivity contribution in [1.29, 1.82) is 0 Å². The number of hydrogen-bond acceptors (Lipinski definition) is 5. The van der Waals surface area contributed by atoms with E-state index in [0.29, 0.717) is 17.1 Å². The molecule has 33 heavy (non-hydrogen) atoms. The van der Waals surface area contributed by atoms with Gasteiger partial charge in [0, 0.05) is 32.8 Å². The summed E-state index contributed by atoms with van der Waals surface area (Å²) in [4.78, 5) is 43.4. The van der Waals surface area contributed by atoms with Gasteiger partial charge in [0.1, 0.15) is 6.04 Å². The second-order valence-corrected chi connectivity index (χ2v) is 10.3. The lowest BCUT2D eigenvalue weighted by molar-refractivity contribution is -0.122. The molecule has 4 atom stereocenters. The van der Waals surface area contributed by atoms with Gasteiger partial charge in [0.05, 0.1) is 12.0 Å². The Kier molecular flexibility index (Phi) is 6.88. The van der Waals surface area contributed by atoms with Gasteiger partial charge in [-0.25, -0.2) is 4.79 Å². The van der Waals surface area contributed by atoms with Crippen molar-refractivity contribution in [3.63, 3.8) is 0 Å². The lowest BCUT2D eigenvalue weighted by atomic mass is 9.79. The Bertz CT molecular complexity index is 1180. The van der Waals surface area contributed by atoms with Crippen LogP contribution in [-0.4, -0.2) is 35.2 Å². The number of amides is 3. The number of hydrogen-bond donors (Lipinski definition) is 2. The van der Waals surface area contributed by atoms with Crippen molar-refractivity contribution in [3.8, 4) is 0 Å². The fraction of sp³-hybridized carbons (Fsp3) is 0.292. The summed E-state index contributed by atoms with van der Waals surface area (Å²) in [6, 6.07) is 10.5. The molecule has 0 aliphatic carbocycles. The van der Waals surface area contributed by atoms with E-state index in [9.17, 15) is 14.4 Å². The Morgan fingerprint density at radius 3 is 2.48 bits per heavy atom. The average molecular weight is 502 g/mol. The molecular weight excluding hydrogens is 478 g/mol. The predicted octanol–water partition coefficient (Wildman–Crippen LogP) is 4.99. The monoisotopic (exact) mass is 501 g/mol. The smallest absolute Gasteiger partial charge is 0.318 e. The van der Waals surface area contributed by atoms with Gasteiger partial charge in [-0.3, -0.25) is 9.59 Å². The minimum absolute atomic E-state index is 0.174. The first kappa shape index (κ1) is 23.5. The molecule has 4 unspecified atom stereocenters. The number of benzene rings is 1. The maximum absolute atomic E-state index is 14.1. The van der Waals surface area contributed by atoms with Crippen LogP contribution in [0.1, 0.15) is 44.6 Å². The number of primary amides is 1. The van der Waals surface area contributed by atoms with Gasteiger partial charge < -0.3 is 16.0 Å². The topological polar surface area (TPSA) is 92.5 Å². The molecule has 4 rings (SSSR count). The van der Waals surface area contributed by atoms with Crippen LogP contribution >= 0.6 is 34.3 Å². The predicted molar refractivity (Wildman–Crippen MR) is 132 cm³/mol. The Hall–Kier alpha value is -2.68. The molecule has 1 fully saturated rings.